The van der Waals surface area contributed by atoms with Crippen molar-refractivity contribution in [3.05, 3.63) is 5.88 Å². The van der Waals surface area contributed by atoms with Crippen molar-refractivity contribution in [3.63, 3.8) is 0 Å². The van der Waals surface area contributed by atoms with Gasteiger partial charge in [-0.1, -0.05) is 47.8 Å². The average Bonchev–Trinajstić information content (AvgIpc) is 1.35. The Morgan fingerprint density at radius 1 is 1.33 bits per heavy atom. The van der Waals surface area contributed by atoms with Gasteiger partial charge in [0.1, 0.15) is 0 Å². The summed E-state index contributed by atoms with van der Waals surface area (Å²) in [5, 5.41) is 0. The first kappa shape index (κ1) is 7.73. The van der Waals surface area contributed by atoms with Crippen molar-refractivity contribution < 1.29 is 0 Å². The first-order valence-electron chi connectivity index (χ1n) is 1.07. The zero-order valence-electron chi connectivity index (χ0n) is 2.59. The normalized spacial score (nSPS) is 12.0. The highest BCUT2D eigenvalue weighted by Gasteiger charge is 2.14. The van der Waals surface area contributed by atoms with E-state index in [1.54, 1.807) is 0 Å². The van der Waals surface area contributed by atoms with Crippen LogP contribution in [0.25, 0.3) is 0 Å². The molecule has 0 bridgehead atoms. The van der Waals surface area contributed by atoms with E-state index < -0.39 is 0 Å². The summed E-state index contributed by atoms with van der Waals surface area (Å²) < 4.78 is -0.380. The number of rotatable bonds is 0. The van der Waals surface area contributed by atoms with Gasteiger partial charge in [0, 0.05) is 0 Å². The lowest BCUT2D eigenvalue weighted by atomic mass is 11.0. The third-order valence-electron chi connectivity index (χ3n) is 0.124. The molecule has 0 nitrogen and oxygen atoms in total. The van der Waals surface area contributed by atoms with Crippen LogP contribution in [-0.4, -0.2) is 2.14 Å². The van der Waals surface area contributed by atoms with Gasteiger partial charge in [0.25, 0.3) is 0 Å². The summed E-state index contributed by atoms with van der Waals surface area (Å²) in [7, 11) is 0. The number of hydrogen-bond acceptors (Lipinski definition) is 0. The SMILES string of the molecule is Cl[CH]C(Br)(Br)Br. The number of hydrogen-bond donors (Lipinski definition) is 0. The molecular weight excluding hydrogens is 299 g/mol. The maximum absolute atomic E-state index is 5.21. The zero-order valence-corrected chi connectivity index (χ0v) is 8.10. The van der Waals surface area contributed by atoms with E-state index >= 15 is 0 Å². The van der Waals surface area contributed by atoms with E-state index in [0.717, 1.165) is 0 Å². The molecule has 0 saturated heterocycles. The molecule has 0 aromatic heterocycles. The monoisotopic (exact) mass is 297 g/mol. The lowest BCUT2D eigenvalue weighted by Crippen LogP contribution is -1.91. The van der Waals surface area contributed by atoms with Gasteiger partial charge in [-0.15, -0.1) is 11.6 Å². The minimum atomic E-state index is -0.380. The third-order valence-corrected chi connectivity index (χ3v) is 1.93. The molecule has 0 aliphatic heterocycles. The van der Waals surface area contributed by atoms with Gasteiger partial charge < -0.3 is 0 Å². The molecule has 4 heteroatoms. The fourth-order valence-electron chi connectivity index (χ4n) is 0. The Labute approximate surface area is 67.0 Å². The molecule has 0 aromatic rings. The molecular formula is C2HBr3Cl. The van der Waals surface area contributed by atoms with Crippen LogP contribution in [0.3, 0.4) is 0 Å². The summed E-state index contributed by atoms with van der Waals surface area (Å²) >= 11 is 14.6. The van der Waals surface area contributed by atoms with Crippen LogP contribution < -0.4 is 0 Å². The molecule has 0 aliphatic rings. The van der Waals surface area contributed by atoms with E-state index in [-0.39, 0.29) is 2.14 Å². The van der Waals surface area contributed by atoms with Crippen LogP contribution in [0.1, 0.15) is 0 Å². The van der Waals surface area contributed by atoms with Gasteiger partial charge in [0.2, 0.25) is 0 Å². The molecule has 0 fully saturated rings. The molecule has 37 valence electrons. The van der Waals surface area contributed by atoms with Crippen LogP contribution in [0.5, 0.6) is 0 Å². The van der Waals surface area contributed by atoms with Gasteiger partial charge in [-0.05, 0) is 0 Å². The maximum Gasteiger partial charge on any atom is 0.152 e. The molecule has 0 rings (SSSR count). The highest BCUT2D eigenvalue weighted by molar-refractivity contribution is 9.39. The fraction of sp³-hybridized carbons (Fsp3) is 0.500. The van der Waals surface area contributed by atoms with E-state index in [9.17, 15) is 0 Å². The molecule has 0 spiro atoms. The van der Waals surface area contributed by atoms with Crippen molar-refractivity contribution in [1.82, 2.24) is 0 Å². The highest BCUT2D eigenvalue weighted by atomic mass is 80.0. The quantitative estimate of drug-likeness (QED) is 0.603. The lowest BCUT2D eigenvalue weighted by molar-refractivity contribution is 1.61. The predicted octanol–water partition coefficient (Wildman–Crippen LogP) is 3.23. The van der Waals surface area contributed by atoms with E-state index in [0.29, 0.717) is 0 Å². The molecule has 0 N–H and O–H groups in total. The summed E-state index contributed by atoms with van der Waals surface area (Å²) in [6, 6.07) is 0. The van der Waals surface area contributed by atoms with Crippen LogP contribution in [0.4, 0.5) is 0 Å². The Hall–Kier alpha value is 1.73. The molecule has 0 atom stereocenters. The number of alkyl halides is 3. The molecule has 6 heavy (non-hydrogen) atoms. The minimum Gasteiger partial charge on any atom is -0.118 e. The number of halogens is 4. The first-order chi connectivity index (χ1) is 2.56. The molecule has 1 radical (unpaired) electrons. The van der Waals surface area contributed by atoms with Gasteiger partial charge in [0.15, 0.2) is 2.14 Å². The van der Waals surface area contributed by atoms with Crippen LogP contribution >= 0.6 is 59.4 Å². The molecule has 0 aromatic carbocycles. The molecule has 0 heterocycles. The van der Waals surface area contributed by atoms with Crippen molar-refractivity contribution in [2.24, 2.45) is 0 Å². The second kappa shape index (κ2) is 2.90. The molecule has 0 amide bonds. The predicted molar refractivity (Wildman–Crippen MR) is 39.7 cm³/mol. The minimum absolute atomic E-state index is 0.380. The molecule has 0 unspecified atom stereocenters. The van der Waals surface area contributed by atoms with Crippen molar-refractivity contribution in [2.45, 2.75) is 2.14 Å². The summed E-state index contributed by atoms with van der Waals surface area (Å²) in [5.41, 5.74) is 0. The van der Waals surface area contributed by atoms with E-state index in [1.165, 1.54) is 5.88 Å². The van der Waals surface area contributed by atoms with Crippen LogP contribution in [0.15, 0.2) is 0 Å². The standard InChI is InChI=1S/C2HBr3Cl/c3-2(4,5)1-6/h1H. The zero-order chi connectivity index (χ0) is 5.21. The van der Waals surface area contributed by atoms with E-state index in [2.05, 4.69) is 47.8 Å². The summed E-state index contributed by atoms with van der Waals surface area (Å²) in [4.78, 5) is 0. The lowest BCUT2D eigenvalue weighted by Gasteiger charge is -2.01. The van der Waals surface area contributed by atoms with Crippen LogP contribution in [0, 0.1) is 5.88 Å². The summed E-state index contributed by atoms with van der Waals surface area (Å²) in [5.74, 6) is 1.41. The second-order valence-corrected chi connectivity index (χ2v) is 7.81. The Balaban J connectivity index is 3.17. The van der Waals surface area contributed by atoms with Gasteiger partial charge in [0.05, 0.1) is 5.88 Å². The smallest absolute Gasteiger partial charge is 0.118 e. The van der Waals surface area contributed by atoms with Crippen molar-refractivity contribution in [2.75, 3.05) is 0 Å². The maximum atomic E-state index is 5.21. The largest absolute Gasteiger partial charge is 0.152 e. The van der Waals surface area contributed by atoms with Crippen LogP contribution in [0.2, 0.25) is 0 Å². The molecule has 0 saturated carbocycles. The topological polar surface area (TPSA) is 0 Å². The Kier molecular flexibility index (Phi) is 3.74. The van der Waals surface area contributed by atoms with Gasteiger partial charge in [-0.2, -0.15) is 0 Å². The van der Waals surface area contributed by atoms with Crippen molar-refractivity contribution in [1.29, 1.82) is 0 Å². The van der Waals surface area contributed by atoms with Crippen LogP contribution in [-0.2, 0) is 0 Å². The molecule has 0 aliphatic carbocycles. The van der Waals surface area contributed by atoms with Crippen molar-refractivity contribution >= 4 is 59.4 Å². The van der Waals surface area contributed by atoms with Crippen molar-refractivity contribution in [3.8, 4) is 0 Å². The Morgan fingerprint density at radius 3 is 1.50 bits per heavy atom. The summed E-state index contributed by atoms with van der Waals surface area (Å²) in [6.07, 6.45) is 0. The highest BCUT2D eigenvalue weighted by Crippen LogP contribution is 2.37. The second-order valence-electron chi connectivity index (χ2n) is 0.651. The Bertz CT molecular complexity index is 38.5. The summed E-state index contributed by atoms with van der Waals surface area (Å²) in [6.45, 7) is 0. The third kappa shape index (κ3) is 5.73. The average molecular weight is 300 g/mol. The van der Waals surface area contributed by atoms with E-state index in [1.807, 2.05) is 0 Å². The first-order valence-corrected chi connectivity index (χ1v) is 3.89. The fourth-order valence-corrected chi connectivity index (χ4v) is 0. The Morgan fingerprint density at radius 2 is 1.50 bits per heavy atom. The van der Waals surface area contributed by atoms with E-state index in [4.69, 9.17) is 11.6 Å². The van der Waals surface area contributed by atoms with Gasteiger partial charge >= 0.3 is 0 Å². The van der Waals surface area contributed by atoms with Gasteiger partial charge in [-0.3, -0.25) is 0 Å². The van der Waals surface area contributed by atoms with Gasteiger partial charge in [-0.25, -0.2) is 0 Å².